The molecule has 2 aromatic carbocycles. The molecule has 28 heavy (non-hydrogen) atoms. The van der Waals surface area contributed by atoms with E-state index in [0.29, 0.717) is 11.4 Å². The van der Waals surface area contributed by atoms with Crippen LogP contribution in [0, 0.1) is 0 Å². The Bertz CT molecular complexity index is 1010. The zero-order chi connectivity index (χ0) is 19.2. The highest BCUT2D eigenvalue weighted by atomic mass is 16.1. The van der Waals surface area contributed by atoms with Crippen LogP contribution in [0.2, 0.25) is 0 Å². The summed E-state index contributed by atoms with van der Waals surface area (Å²) in [5.74, 6) is 0.562. The summed E-state index contributed by atoms with van der Waals surface area (Å²) in [6.45, 7) is 0.764. The van der Waals surface area contributed by atoms with Gasteiger partial charge in [0.2, 0.25) is 0 Å². The number of carbonyl (C=O) groups excluding carboxylic acids is 1. The van der Waals surface area contributed by atoms with Gasteiger partial charge in [-0.1, -0.05) is 48.5 Å². The van der Waals surface area contributed by atoms with Crippen molar-refractivity contribution in [1.82, 2.24) is 24.8 Å². The van der Waals surface area contributed by atoms with E-state index in [2.05, 4.69) is 20.3 Å². The van der Waals surface area contributed by atoms with E-state index in [1.54, 1.807) is 24.9 Å². The smallest absolute Gasteiger partial charge is 0.252 e. The first-order valence-electron chi connectivity index (χ1n) is 9.21. The second-order valence-corrected chi connectivity index (χ2v) is 6.51. The minimum absolute atomic E-state index is 0.110. The predicted octanol–water partition coefficient (Wildman–Crippen LogP) is 3.83. The molecule has 1 amide bonds. The zero-order valence-corrected chi connectivity index (χ0v) is 15.3. The van der Waals surface area contributed by atoms with Crippen LogP contribution in [0.5, 0.6) is 0 Å². The lowest BCUT2D eigenvalue weighted by Crippen LogP contribution is -2.29. The predicted molar refractivity (Wildman–Crippen MR) is 108 cm³/mol. The lowest BCUT2D eigenvalue weighted by Gasteiger charge is -2.20. The summed E-state index contributed by atoms with van der Waals surface area (Å²) < 4.78 is 2.01. The molecule has 6 heteroatoms. The van der Waals surface area contributed by atoms with Crippen LogP contribution in [0.1, 0.15) is 28.4 Å². The molecule has 4 rings (SSSR count). The van der Waals surface area contributed by atoms with E-state index in [0.717, 1.165) is 24.1 Å². The number of hydrogen-bond donors (Lipinski definition) is 2. The molecule has 0 unspecified atom stereocenters. The largest absolute Gasteiger partial charge is 0.345 e. The van der Waals surface area contributed by atoms with Gasteiger partial charge in [0.1, 0.15) is 5.82 Å². The molecule has 1 atom stereocenters. The lowest BCUT2D eigenvalue weighted by molar-refractivity contribution is 0.0934. The Morgan fingerprint density at radius 1 is 1.07 bits per heavy atom. The maximum atomic E-state index is 13.1. The van der Waals surface area contributed by atoms with E-state index < -0.39 is 0 Å². The minimum atomic E-state index is -0.119. The summed E-state index contributed by atoms with van der Waals surface area (Å²) in [5, 5.41) is 3.20. The quantitative estimate of drug-likeness (QED) is 0.518. The van der Waals surface area contributed by atoms with Gasteiger partial charge in [0, 0.05) is 36.9 Å². The molecule has 0 aliphatic rings. The maximum Gasteiger partial charge on any atom is 0.252 e. The number of aromatic nitrogens is 4. The molecule has 0 radical (unpaired) electrons. The third-order valence-electron chi connectivity index (χ3n) is 4.67. The van der Waals surface area contributed by atoms with Crippen LogP contribution >= 0.6 is 0 Å². The molecule has 0 spiro atoms. The fourth-order valence-electron chi connectivity index (χ4n) is 3.24. The number of rotatable bonds is 7. The second kappa shape index (κ2) is 8.35. The summed E-state index contributed by atoms with van der Waals surface area (Å²) in [5.41, 5.74) is 2.46. The number of aryl methyl sites for hydroxylation is 1. The van der Waals surface area contributed by atoms with Gasteiger partial charge in [-0.05, 0) is 18.1 Å². The van der Waals surface area contributed by atoms with Gasteiger partial charge in [0.05, 0.1) is 17.9 Å². The van der Waals surface area contributed by atoms with Gasteiger partial charge in [-0.3, -0.25) is 4.79 Å². The summed E-state index contributed by atoms with van der Waals surface area (Å²) in [6, 6.07) is 17.4. The number of aromatic amines is 1. The Hall–Kier alpha value is -3.67. The number of imidazole rings is 2. The molecule has 140 valence electrons. The molecule has 2 N–H and O–H groups in total. The number of benzene rings is 2. The number of carbonyl (C=O) groups is 1. The topological polar surface area (TPSA) is 75.6 Å². The maximum absolute atomic E-state index is 13.1. The number of hydrogen-bond acceptors (Lipinski definition) is 3. The molecular formula is C22H21N5O. The molecule has 0 aliphatic carbocycles. The number of nitrogens with one attached hydrogen (secondary N) is 2. The summed E-state index contributed by atoms with van der Waals surface area (Å²) >= 11 is 0. The Morgan fingerprint density at radius 3 is 2.64 bits per heavy atom. The lowest BCUT2D eigenvalue weighted by atomic mass is 10.0. The van der Waals surface area contributed by atoms with Crippen molar-refractivity contribution in [3.05, 3.63) is 96.8 Å². The van der Waals surface area contributed by atoms with Crippen molar-refractivity contribution in [2.45, 2.75) is 19.0 Å². The van der Waals surface area contributed by atoms with Crippen LogP contribution in [0.15, 0.2) is 85.7 Å². The van der Waals surface area contributed by atoms with E-state index in [4.69, 9.17) is 0 Å². The normalized spacial score (nSPS) is 11.9. The van der Waals surface area contributed by atoms with Gasteiger partial charge < -0.3 is 14.9 Å². The van der Waals surface area contributed by atoms with Crippen molar-refractivity contribution in [3.63, 3.8) is 0 Å². The number of nitrogens with zero attached hydrogens (tertiary/aromatic N) is 3. The van der Waals surface area contributed by atoms with Crippen LogP contribution in [-0.4, -0.2) is 25.4 Å². The zero-order valence-electron chi connectivity index (χ0n) is 15.3. The van der Waals surface area contributed by atoms with Crippen molar-refractivity contribution in [3.8, 4) is 11.4 Å². The molecule has 4 aromatic rings. The third kappa shape index (κ3) is 4.01. The summed E-state index contributed by atoms with van der Waals surface area (Å²) in [4.78, 5) is 24.6. The first kappa shape index (κ1) is 17.7. The standard InChI is InChI=1S/C22H21N5O/c28-22(19-9-5-4-8-18(19)21-24-11-12-25-21)26-20(17-6-2-1-3-7-17)10-14-27-15-13-23-16-27/h1-9,11-13,15-16,20H,10,14H2,(H,24,25)(H,26,28)/t20-/m1/s1. The Kier molecular flexibility index (Phi) is 5.29. The van der Waals surface area contributed by atoms with Crippen LogP contribution < -0.4 is 5.32 Å². The van der Waals surface area contributed by atoms with Gasteiger partial charge in [-0.25, -0.2) is 9.97 Å². The van der Waals surface area contributed by atoms with E-state index >= 15 is 0 Å². The first-order valence-corrected chi connectivity index (χ1v) is 9.21. The molecule has 2 heterocycles. The minimum Gasteiger partial charge on any atom is -0.345 e. The molecule has 0 fully saturated rings. The Morgan fingerprint density at radius 2 is 1.89 bits per heavy atom. The number of amides is 1. The van der Waals surface area contributed by atoms with Crippen LogP contribution in [-0.2, 0) is 6.54 Å². The molecule has 2 aromatic heterocycles. The van der Waals surface area contributed by atoms with Gasteiger partial charge in [0.15, 0.2) is 0 Å². The third-order valence-corrected chi connectivity index (χ3v) is 4.67. The Labute approximate surface area is 163 Å². The monoisotopic (exact) mass is 371 g/mol. The average Bonchev–Trinajstić information content (AvgIpc) is 3.46. The van der Waals surface area contributed by atoms with Crippen molar-refractivity contribution in [2.24, 2.45) is 0 Å². The van der Waals surface area contributed by atoms with Crippen LogP contribution in [0.4, 0.5) is 0 Å². The molecule has 0 bridgehead atoms. The van der Waals surface area contributed by atoms with Gasteiger partial charge in [0.25, 0.3) is 5.91 Å². The number of H-pyrrole nitrogens is 1. The first-order chi connectivity index (χ1) is 13.8. The molecule has 0 aliphatic heterocycles. The van der Waals surface area contributed by atoms with Gasteiger partial charge in [-0.2, -0.15) is 0 Å². The highest BCUT2D eigenvalue weighted by Crippen LogP contribution is 2.23. The Balaban J connectivity index is 1.57. The van der Waals surface area contributed by atoms with Crippen molar-refractivity contribution >= 4 is 5.91 Å². The highest BCUT2D eigenvalue weighted by Gasteiger charge is 2.19. The molecular weight excluding hydrogens is 350 g/mol. The van der Waals surface area contributed by atoms with Crippen molar-refractivity contribution in [2.75, 3.05) is 0 Å². The molecule has 6 nitrogen and oxygen atoms in total. The van der Waals surface area contributed by atoms with E-state index in [9.17, 15) is 4.79 Å². The van der Waals surface area contributed by atoms with Gasteiger partial charge >= 0.3 is 0 Å². The highest BCUT2D eigenvalue weighted by molar-refractivity contribution is 6.00. The van der Waals surface area contributed by atoms with Crippen molar-refractivity contribution in [1.29, 1.82) is 0 Å². The van der Waals surface area contributed by atoms with E-state index in [-0.39, 0.29) is 11.9 Å². The van der Waals surface area contributed by atoms with Gasteiger partial charge in [-0.15, -0.1) is 0 Å². The molecule has 0 saturated carbocycles. The summed E-state index contributed by atoms with van der Waals surface area (Å²) in [6.07, 6.45) is 9.67. The van der Waals surface area contributed by atoms with Crippen molar-refractivity contribution < 1.29 is 4.79 Å². The van der Waals surface area contributed by atoms with Crippen LogP contribution in [0.25, 0.3) is 11.4 Å². The fourth-order valence-corrected chi connectivity index (χ4v) is 3.24. The summed E-state index contributed by atoms with van der Waals surface area (Å²) in [7, 11) is 0. The van der Waals surface area contributed by atoms with E-state index in [1.165, 1.54) is 0 Å². The average molecular weight is 371 g/mol. The SMILES string of the molecule is O=C(N[C@H](CCn1ccnc1)c1ccccc1)c1ccccc1-c1ncc[nH]1. The second-order valence-electron chi connectivity index (χ2n) is 6.51. The van der Waals surface area contributed by atoms with E-state index in [1.807, 2.05) is 65.4 Å². The molecule has 0 saturated heterocycles. The van der Waals surface area contributed by atoms with Crippen LogP contribution in [0.3, 0.4) is 0 Å². The fraction of sp³-hybridized carbons (Fsp3) is 0.136.